The van der Waals surface area contributed by atoms with E-state index in [0.29, 0.717) is 10.7 Å². The zero-order chi connectivity index (χ0) is 16.8. The summed E-state index contributed by atoms with van der Waals surface area (Å²) in [6, 6.07) is 9.59. The van der Waals surface area contributed by atoms with Crippen molar-refractivity contribution in [1.29, 1.82) is 0 Å². The van der Waals surface area contributed by atoms with Gasteiger partial charge in [-0.15, -0.1) is 11.8 Å². The van der Waals surface area contributed by atoms with Gasteiger partial charge in [0.05, 0.1) is 5.56 Å². The first-order valence-electron chi connectivity index (χ1n) is 7.04. The fraction of sp³-hybridized carbons (Fsp3) is 0.0667. The van der Waals surface area contributed by atoms with E-state index in [-0.39, 0.29) is 16.7 Å². The lowest BCUT2D eigenvalue weighted by molar-refractivity contribution is 0.899. The molecule has 0 bridgehead atoms. The largest absolute Gasteiger partial charge is 0.383 e. The number of nitrogen functional groups attached to an aromatic ring is 1. The maximum atomic E-state index is 12.1. The molecular formula is C15H12N6O2S. The zero-order valence-corrected chi connectivity index (χ0v) is 13.3. The molecule has 3 aromatic heterocycles. The summed E-state index contributed by atoms with van der Waals surface area (Å²) in [4.78, 5) is 28.5. The summed E-state index contributed by atoms with van der Waals surface area (Å²) in [6.45, 7) is 0. The number of anilines is 1. The van der Waals surface area contributed by atoms with Crippen LogP contribution in [0.15, 0.2) is 44.9 Å². The van der Waals surface area contributed by atoms with E-state index in [1.807, 2.05) is 36.6 Å². The van der Waals surface area contributed by atoms with Crippen molar-refractivity contribution >= 4 is 34.1 Å². The molecule has 0 saturated carbocycles. The molecule has 4 N–H and O–H groups in total. The fourth-order valence-corrected chi connectivity index (χ4v) is 3.25. The molecule has 0 aliphatic rings. The van der Waals surface area contributed by atoms with Gasteiger partial charge in [0.1, 0.15) is 21.7 Å². The SMILES string of the molecule is CSc1nn2c(N)c3c(=O)[nH][nH]c(=O)c3nc2c1-c1ccccc1. The van der Waals surface area contributed by atoms with Crippen LogP contribution in [0.4, 0.5) is 5.82 Å². The second-order valence-corrected chi connectivity index (χ2v) is 5.91. The zero-order valence-electron chi connectivity index (χ0n) is 12.5. The van der Waals surface area contributed by atoms with Crippen LogP contribution < -0.4 is 16.9 Å². The molecule has 0 atom stereocenters. The van der Waals surface area contributed by atoms with E-state index in [1.54, 1.807) is 0 Å². The van der Waals surface area contributed by atoms with Gasteiger partial charge in [-0.25, -0.2) is 4.98 Å². The van der Waals surface area contributed by atoms with Crippen molar-refractivity contribution in [3.63, 3.8) is 0 Å². The van der Waals surface area contributed by atoms with Crippen LogP contribution in [-0.4, -0.2) is 31.1 Å². The van der Waals surface area contributed by atoms with Crippen LogP contribution in [0.2, 0.25) is 0 Å². The van der Waals surface area contributed by atoms with Gasteiger partial charge in [-0.3, -0.25) is 19.8 Å². The molecule has 120 valence electrons. The number of H-pyrrole nitrogens is 2. The van der Waals surface area contributed by atoms with Crippen molar-refractivity contribution in [3.05, 3.63) is 51.0 Å². The third kappa shape index (κ3) is 1.95. The molecule has 1 aromatic carbocycles. The lowest BCUT2D eigenvalue weighted by atomic mass is 10.1. The summed E-state index contributed by atoms with van der Waals surface area (Å²) in [5.41, 5.74) is 7.21. The minimum atomic E-state index is -0.515. The highest BCUT2D eigenvalue weighted by atomic mass is 32.2. The molecule has 0 radical (unpaired) electrons. The number of nitrogens with zero attached hydrogens (tertiary/aromatic N) is 3. The van der Waals surface area contributed by atoms with Gasteiger partial charge in [-0.2, -0.15) is 9.61 Å². The number of thioether (sulfide) groups is 1. The standard InChI is InChI=1S/C15H12N6O2S/c1-24-15-8(7-5-3-2-4-6-7)12-17-10-9(11(16)21(12)20-15)13(22)18-19-14(10)23/h2-6H,16H2,1H3,(H,18,22)(H,19,23). The van der Waals surface area contributed by atoms with Gasteiger partial charge in [-0.1, -0.05) is 30.3 Å². The van der Waals surface area contributed by atoms with E-state index in [4.69, 9.17) is 5.73 Å². The number of aromatic nitrogens is 5. The van der Waals surface area contributed by atoms with Crippen molar-refractivity contribution in [2.45, 2.75) is 5.03 Å². The molecule has 0 aliphatic carbocycles. The van der Waals surface area contributed by atoms with E-state index in [9.17, 15) is 9.59 Å². The van der Waals surface area contributed by atoms with E-state index in [2.05, 4.69) is 20.3 Å². The first-order chi connectivity index (χ1) is 11.6. The Morgan fingerprint density at radius 3 is 2.54 bits per heavy atom. The predicted molar refractivity (Wildman–Crippen MR) is 93.4 cm³/mol. The summed E-state index contributed by atoms with van der Waals surface area (Å²) in [5.74, 6) is 0.0832. The normalized spacial score (nSPS) is 11.4. The third-order valence-corrected chi connectivity index (χ3v) is 4.43. The summed E-state index contributed by atoms with van der Waals surface area (Å²) in [6.07, 6.45) is 1.89. The van der Waals surface area contributed by atoms with Crippen LogP contribution >= 0.6 is 11.8 Å². The molecule has 0 saturated heterocycles. The Morgan fingerprint density at radius 2 is 1.83 bits per heavy atom. The molecule has 24 heavy (non-hydrogen) atoms. The van der Waals surface area contributed by atoms with Crippen molar-refractivity contribution in [1.82, 2.24) is 24.8 Å². The fourth-order valence-electron chi connectivity index (χ4n) is 2.67. The Balaban J connectivity index is 2.24. The van der Waals surface area contributed by atoms with E-state index < -0.39 is 11.1 Å². The van der Waals surface area contributed by atoms with Gasteiger partial charge in [0.2, 0.25) is 0 Å². The van der Waals surface area contributed by atoms with Gasteiger partial charge in [0.15, 0.2) is 5.65 Å². The second-order valence-electron chi connectivity index (χ2n) is 5.11. The number of nitrogens with one attached hydrogen (secondary N) is 2. The van der Waals surface area contributed by atoms with E-state index in [0.717, 1.165) is 11.1 Å². The maximum Gasteiger partial charge on any atom is 0.289 e. The Kier molecular flexibility index (Phi) is 3.17. The van der Waals surface area contributed by atoms with Gasteiger partial charge < -0.3 is 5.73 Å². The van der Waals surface area contributed by atoms with Gasteiger partial charge >= 0.3 is 0 Å². The first-order valence-corrected chi connectivity index (χ1v) is 8.26. The molecule has 0 unspecified atom stereocenters. The number of benzene rings is 1. The van der Waals surface area contributed by atoms with E-state index in [1.165, 1.54) is 16.3 Å². The molecule has 0 fully saturated rings. The molecule has 8 nitrogen and oxygen atoms in total. The second kappa shape index (κ2) is 5.24. The van der Waals surface area contributed by atoms with Crippen LogP contribution in [-0.2, 0) is 0 Å². The Labute approximate surface area is 138 Å². The Bertz CT molecular complexity index is 1190. The van der Waals surface area contributed by atoms with Crippen LogP contribution in [0.5, 0.6) is 0 Å². The van der Waals surface area contributed by atoms with Gasteiger partial charge in [-0.05, 0) is 11.8 Å². The smallest absolute Gasteiger partial charge is 0.289 e. The predicted octanol–water partition coefficient (Wildman–Crippen LogP) is 1.23. The minimum absolute atomic E-state index is 0.00603. The number of fused-ring (bicyclic) bond motifs is 2. The lowest BCUT2D eigenvalue weighted by Crippen LogP contribution is -2.22. The number of aromatic amines is 2. The van der Waals surface area contributed by atoms with Crippen LogP contribution in [0.1, 0.15) is 0 Å². The molecule has 3 heterocycles. The van der Waals surface area contributed by atoms with Crippen LogP contribution in [0.25, 0.3) is 27.7 Å². The average molecular weight is 340 g/mol. The maximum absolute atomic E-state index is 12.1. The average Bonchev–Trinajstić information content (AvgIpc) is 2.98. The summed E-state index contributed by atoms with van der Waals surface area (Å²) in [5, 5.41) is 9.72. The van der Waals surface area contributed by atoms with Crippen molar-refractivity contribution in [2.75, 3.05) is 12.0 Å². The topological polar surface area (TPSA) is 122 Å². The van der Waals surface area contributed by atoms with Crippen molar-refractivity contribution in [2.24, 2.45) is 0 Å². The molecule has 4 rings (SSSR count). The third-order valence-electron chi connectivity index (χ3n) is 3.76. The minimum Gasteiger partial charge on any atom is -0.383 e. The van der Waals surface area contributed by atoms with E-state index >= 15 is 0 Å². The summed E-state index contributed by atoms with van der Waals surface area (Å²) < 4.78 is 1.41. The highest BCUT2D eigenvalue weighted by Crippen LogP contribution is 2.34. The van der Waals surface area contributed by atoms with Crippen LogP contribution in [0, 0.1) is 0 Å². The van der Waals surface area contributed by atoms with Gasteiger partial charge in [0, 0.05) is 0 Å². The Morgan fingerprint density at radius 1 is 1.12 bits per heavy atom. The highest BCUT2D eigenvalue weighted by molar-refractivity contribution is 7.98. The highest BCUT2D eigenvalue weighted by Gasteiger charge is 2.20. The number of nitrogens with two attached hydrogens (primary N) is 1. The lowest BCUT2D eigenvalue weighted by Gasteiger charge is -2.04. The summed E-state index contributed by atoms with van der Waals surface area (Å²) in [7, 11) is 0. The van der Waals surface area contributed by atoms with Crippen LogP contribution in [0.3, 0.4) is 0 Å². The number of hydrogen-bond donors (Lipinski definition) is 3. The number of hydrogen-bond acceptors (Lipinski definition) is 6. The molecule has 9 heteroatoms. The molecule has 0 aliphatic heterocycles. The monoisotopic (exact) mass is 340 g/mol. The van der Waals surface area contributed by atoms with Gasteiger partial charge in [0.25, 0.3) is 11.1 Å². The molecule has 0 amide bonds. The van der Waals surface area contributed by atoms with Crippen molar-refractivity contribution in [3.8, 4) is 11.1 Å². The molecule has 4 aromatic rings. The van der Waals surface area contributed by atoms with Crippen molar-refractivity contribution < 1.29 is 0 Å². The Hall–Kier alpha value is -3.07. The number of rotatable bonds is 2. The molecule has 0 spiro atoms. The summed E-state index contributed by atoms with van der Waals surface area (Å²) >= 11 is 1.44. The quantitative estimate of drug-likeness (QED) is 0.472. The first kappa shape index (κ1) is 14.5. The molecular weight excluding hydrogens is 328 g/mol.